The van der Waals surface area contributed by atoms with E-state index < -0.39 is 0 Å². The van der Waals surface area contributed by atoms with Crippen LogP contribution in [0, 0.1) is 0 Å². The standard InChI is InChI=1S/C6H7N3/c1-2-7-3-6-5(1)8-4-9-6/h1-6H,(H,8,9). The van der Waals surface area contributed by atoms with E-state index in [4.69, 9.17) is 0 Å². The molecule has 0 aromatic heterocycles. The molecule has 3 nitrogen and oxygen atoms in total. The lowest BCUT2D eigenvalue weighted by molar-refractivity contribution is 0.737. The third kappa shape index (κ3) is 0.650. The van der Waals surface area contributed by atoms with Crippen molar-refractivity contribution in [1.82, 2.24) is 5.32 Å². The molecule has 2 atom stereocenters. The van der Waals surface area contributed by atoms with Gasteiger partial charge in [-0.2, -0.15) is 0 Å². The third-order valence-electron chi connectivity index (χ3n) is 1.50. The fourth-order valence-corrected chi connectivity index (χ4v) is 0.987. The lowest BCUT2D eigenvalue weighted by atomic mass is 10.1. The highest BCUT2D eigenvalue weighted by atomic mass is 15.1. The lowest BCUT2D eigenvalue weighted by Crippen LogP contribution is -2.33. The molecule has 3 heteroatoms. The van der Waals surface area contributed by atoms with Crippen molar-refractivity contribution in [3.63, 3.8) is 0 Å². The van der Waals surface area contributed by atoms with E-state index in [0.717, 1.165) is 0 Å². The summed E-state index contributed by atoms with van der Waals surface area (Å²) in [5.41, 5.74) is 0. The SMILES string of the molecule is C1=CC2N=CNC2C=N1. The Balaban J connectivity index is 2.25. The van der Waals surface area contributed by atoms with Gasteiger partial charge in [0.1, 0.15) is 0 Å². The molecule has 46 valence electrons. The molecule has 2 unspecified atom stereocenters. The molecule has 0 fully saturated rings. The predicted octanol–water partition coefficient (Wildman–Crippen LogP) is -0.0468. The smallest absolute Gasteiger partial charge is 0.0967 e. The van der Waals surface area contributed by atoms with E-state index >= 15 is 0 Å². The minimum Gasteiger partial charge on any atom is -0.366 e. The van der Waals surface area contributed by atoms with Crippen LogP contribution in [0.1, 0.15) is 0 Å². The van der Waals surface area contributed by atoms with E-state index in [1.165, 1.54) is 0 Å². The zero-order chi connectivity index (χ0) is 6.10. The monoisotopic (exact) mass is 121 g/mol. The molecule has 1 N–H and O–H groups in total. The highest BCUT2D eigenvalue weighted by Crippen LogP contribution is 2.07. The molecule has 2 rings (SSSR count). The van der Waals surface area contributed by atoms with Gasteiger partial charge in [-0.1, -0.05) is 0 Å². The zero-order valence-corrected chi connectivity index (χ0v) is 4.86. The molecule has 2 heterocycles. The summed E-state index contributed by atoms with van der Waals surface area (Å²) in [6, 6.07) is 0.609. The number of hydrogen-bond acceptors (Lipinski definition) is 3. The average Bonchev–Trinajstić information content (AvgIpc) is 2.33. The second-order valence-corrected chi connectivity index (χ2v) is 2.10. The molecule has 0 spiro atoms. The van der Waals surface area contributed by atoms with Crippen molar-refractivity contribution in [1.29, 1.82) is 0 Å². The van der Waals surface area contributed by atoms with Crippen LogP contribution >= 0.6 is 0 Å². The Morgan fingerprint density at radius 1 is 1.44 bits per heavy atom. The third-order valence-corrected chi connectivity index (χ3v) is 1.50. The molecular weight excluding hydrogens is 114 g/mol. The maximum atomic E-state index is 4.14. The van der Waals surface area contributed by atoms with Crippen molar-refractivity contribution in [3.05, 3.63) is 12.3 Å². The topological polar surface area (TPSA) is 36.8 Å². The largest absolute Gasteiger partial charge is 0.366 e. The van der Waals surface area contributed by atoms with Crippen LogP contribution in [0.3, 0.4) is 0 Å². The fraction of sp³-hybridized carbons (Fsp3) is 0.333. The second-order valence-electron chi connectivity index (χ2n) is 2.10. The Hall–Kier alpha value is -1.12. The van der Waals surface area contributed by atoms with Crippen molar-refractivity contribution >= 4 is 12.6 Å². The van der Waals surface area contributed by atoms with Crippen molar-refractivity contribution in [2.75, 3.05) is 0 Å². The molecule has 2 aliphatic rings. The Morgan fingerprint density at radius 2 is 2.44 bits per heavy atom. The van der Waals surface area contributed by atoms with Crippen LogP contribution in [-0.2, 0) is 0 Å². The van der Waals surface area contributed by atoms with Crippen molar-refractivity contribution in [2.45, 2.75) is 12.1 Å². The first-order chi connectivity index (χ1) is 4.47. The Labute approximate surface area is 53.2 Å². The van der Waals surface area contributed by atoms with Crippen LogP contribution in [0.25, 0.3) is 0 Å². The van der Waals surface area contributed by atoms with Crippen molar-refractivity contribution in [3.8, 4) is 0 Å². The highest BCUT2D eigenvalue weighted by molar-refractivity contribution is 5.76. The number of fused-ring (bicyclic) bond motifs is 1. The van der Waals surface area contributed by atoms with Crippen LogP contribution in [0.15, 0.2) is 22.3 Å². The molecule has 0 radical (unpaired) electrons. The molecular formula is C6H7N3. The first-order valence-electron chi connectivity index (χ1n) is 2.94. The van der Waals surface area contributed by atoms with Gasteiger partial charge in [-0.25, -0.2) is 0 Å². The first kappa shape index (κ1) is 4.73. The summed E-state index contributed by atoms with van der Waals surface area (Å²) in [6.45, 7) is 0. The van der Waals surface area contributed by atoms with Crippen LogP contribution in [0.5, 0.6) is 0 Å². The summed E-state index contributed by atoms with van der Waals surface area (Å²) >= 11 is 0. The van der Waals surface area contributed by atoms with Crippen LogP contribution in [0.4, 0.5) is 0 Å². The second kappa shape index (κ2) is 1.69. The van der Waals surface area contributed by atoms with Gasteiger partial charge in [-0.05, 0) is 6.08 Å². The van der Waals surface area contributed by atoms with E-state index in [1.807, 2.05) is 12.3 Å². The van der Waals surface area contributed by atoms with Crippen LogP contribution in [0.2, 0.25) is 0 Å². The Bertz CT molecular complexity index is 192. The number of nitrogens with zero attached hydrogens (tertiary/aromatic N) is 2. The van der Waals surface area contributed by atoms with Gasteiger partial charge in [0, 0.05) is 12.4 Å². The van der Waals surface area contributed by atoms with Gasteiger partial charge in [0.25, 0.3) is 0 Å². The zero-order valence-electron chi connectivity index (χ0n) is 4.86. The Kier molecular flexibility index (Phi) is 0.886. The van der Waals surface area contributed by atoms with E-state index in [2.05, 4.69) is 15.3 Å². The number of nitrogens with one attached hydrogen (secondary N) is 1. The normalized spacial score (nSPS) is 36.4. The van der Waals surface area contributed by atoms with E-state index in [-0.39, 0.29) is 0 Å². The molecule has 0 amide bonds. The summed E-state index contributed by atoms with van der Waals surface area (Å²) in [6.07, 6.45) is 7.38. The van der Waals surface area contributed by atoms with Gasteiger partial charge in [0.2, 0.25) is 0 Å². The number of hydrogen-bond donors (Lipinski definition) is 1. The molecule has 0 saturated heterocycles. The minimum atomic E-state index is 0.294. The summed E-state index contributed by atoms with van der Waals surface area (Å²) in [5.74, 6) is 0. The maximum absolute atomic E-state index is 4.14. The maximum Gasteiger partial charge on any atom is 0.0967 e. The van der Waals surface area contributed by atoms with Gasteiger partial charge in [-0.3, -0.25) is 9.98 Å². The summed E-state index contributed by atoms with van der Waals surface area (Å²) < 4.78 is 0. The molecule has 0 bridgehead atoms. The quantitative estimate of drug-likeness (QED) is 0.479. The van der Waals surface area contributed by atoms with Crippen molar-refractivity contribution < 1.29 is 0 Å². The van der Waals surface area contributed by atoms with Crippen LogP contribution < -0.4 is 5.32 Å². The fourth-order valence-electron chi connectivity index (χ4n) is 0.987. The van der Waals surface area contributed by atoms with E-state index in [1.54, 1.807) is 12.5 Å². The van der Waals surface area contributed by atoms with E-state index in [0.29, 0.717) is 12.1 Å². The number of aliphatic imine (C=N–C) groups is 2. The molecule has 9 heavy (non-hydrogen) atoms. The van der Waals surface area contributed by atoms with Gasteiger partial charge < -0.3 is 5.32 Å². The van der Waals surface area contributed by atoms with Gasteiger partial charge in [-0.15, -0.1) is 0 Å². The minimum absolute atomic E-state index is 0.294. The number of rotatable bonds is 0. The molecule has 0 aromatic carbocycles. The molecule has 0 aromatic rings. The summed E-state index contributed by atoms with van der Waals surface area (Å²) in [5, 5.41) is 3.07. The predicted molar refractivity (Wildman–Crippen MR) is 36.8 cm³/mol. The summed E-state index contributed by atoms with van der Waals surface area (Å²) in [7, 11) is 0. The molecule has 2 aliphatic heterocycles. The Morgan fingerprint density at radius 3 is 3.33 bits per heavy atom. The van der Waals surface area contributed by atoms with E-state index in [9.17, 15) is 0 Å². The van der Waals surface area contributed by atoms with Gasteiger partial charge in [0.05, 0.1) is 18.4 Å². The average molecular weight is 121 g/mol. The highest BCUT2D eigenvalue weighted by Gasteiger charge is 2.20. The summed E-state index contributed by atoms with van der Waals surface area (Å²) in [4.78, 5) is 8.12. The van der Waals surface area contributed by atoms with Gasteiger partial charge in [0.15, 0.2) is 0 Å². The lowest BCUT2D eigenvalue weighted by Gasteiger charge is -2.11. The van der Waals surface area contributed by atoms with Crippen LogP contribution in [-0.4, -0.2) is 24.6 Å². The van der Waals surface area contributed by atoms with Gasteiger partial charge >= 0.3 is 0 Å². The van der Waals surface area contributed by atoms with Crippen molar-refractivity contribution in [2.24, 2.45) is 9.98 Å². The molecule has 0 saturated carbocycles. The first-order valence-corrected chi connectivity index (χ1v) is 2.94. The molecule has 0 aliphatic carbocycles.